The van der Waals surface area contributed by atoms with Gasteiger partial charge in [0, 0.05) is 11.9 Å². The quantitative estimate of drug-likeness (QED) is 0.633. The predicted octanol–water partition coefficient (Wildman–Crippen LogP) is 3.10. The van der Waals surface area contributed by atoms with Crippen molar-refractivity contribution in [3.63, 3.8) is 0 Å². The highest BCUT2D eigenvalue weighted by molar-refractivity contribution is 6.30. The number of ketones is 1. The molecule has 0 amide bonds. The number of benzene rings is 1. The molecule has 112 valence electrons. The van der Waals surface area contributed by atoms with Crippen molar-refractivity contribution in [2.75, 3.05) is 6.61 Å². The minimum absolute atomic E-state index is 0.0158. The molecule has 5 heteroatoms. The Hall–Kier alpha value is -1.65. The fourth-order valence-corrected chi connectivity index (χ4v) is 2.37. The van der Waals surface area contributed by atoms with E-state index in [1.807, 2.05) is 24.3 Å². The van der Waals surface area contributed by atoms with Crippen molar-refractivity contribution in [3.8, 4) is 0 Å². The van der Waals surface area contributed by atoms with E-state index >= 15 is 0 Å². The summed E-state index contributed by atoms with van der Waals surface area (Å²) >= 11 is 5.87. The minimum Gasteiger partial charge on any atom is -0.463 e. The van der Waals surface area contributed by atoms with Crippen molar-refractivity contribution in [1.29, 1.82) is 0 Å². The van der Waals surface area contributed by atoms with Gasteiger partial charge in [0.1, 0.15) is 24.6 Å². The summed E-state index contributed by atoms with van der Waals surface area (Å²) < 4.78 is 10.9. The molecule has 1 heterocycles. The van der Waals surface area contributed by atoms with Crippen LogP contribution < -0.4 is 0 Å². The minimum atomic E-state index is -0.475. The van der Waals surface area contributed by atoms with E-state index in [0.29, 0.717) is 5.02 Å². The van der Waals surface area contributed by atoms with Gasteiger partial charge in [-0.3, -0.25) is 9.59 Å². The van der Waals surface area contributed by atoms with Crippen molar-refractivity contribution in [2.24, 2.45) is 5.92 Å². The zero-order chi connectivity index (χ0) is 15.4. The predicted molar refractivity (Wildman–Crippen MR) is 79.0 cm³/mol. The lowest BCUT2D eigenvalue weighted by atomic mass is 9.93. The smallest absolute Gasteiger partial charge is 0.302 e. The van der Waals surface area contributed by atoms with E-state index in [4.69, 9.17) is 21.1 Å². The highest BCUT2D eigenvalue weighted by atomic mass is 35.5. The van der Waals surface area contributed by atoms with Crippen LogP contribution in [0.25, 0.3) is 0 Å². The van der Waals surface area contributed by atoms with Crippen LogP contribution in [0.4, 0.5) is 0 Å². The summed E-state index contributed by atoms with van der Waals surface area (Å²) in [7, 11) is 0. The number of ether oxygens (including phenoxy) is 2. The molecule has 0 bridgehead atoms. The van der Waals surface area contributed by atoms with Crippen molar-refractivity contribution < 1.29 is 19.1 Å². The van der Waals surface area contributed by atoms with E-state index in [9.17, 15) is 9.59 Å². The Bertz CT molecular complexity index is 550. The molecule has 0 unspecified atom stereocenters. The molecular formula is C16H17ClO4. The maximum Gasteiger partial charge on any atom is 0.302 e. The maximum atomic E-state index is 11.7. The topological polar surface area (TPSA) is 52.6 Å². The summed E-state index contributed by atoms with van der Waals surface area (Å²) in [6.45, 7) is 2.90. The third-order valence-electron chi connectivity index (χ3n) is 3.33. The lowest BCUT2D eigenvalue weighted by Crippen LogP contribution is -2.36. The van der Waals surface area contributed by atoms with Gasteiger partial charge in [-0.05, 0) is 24.6 Å². The fraction of sp³-hybridized carbons (Fsp3) is 0.375. The van der Waals surface area contributed by atoms with E-state index in [0.717, 1.165) is 5.56 Å². The average Bonchev–Trinajstić information content (AvgIpc) is 2.45. The third-order valence-corrected chi connectivity index (χ3v) is 3.59. The molecule has 0 aliphatic carbocycles. The van der Waals surface area contributed by atoms with E-state index < -0.39 is 18.0 Å². The van der Waals surface area contributed by atoms with Crippen LogP contribution in [0.1, 0.15) is 25.5 Å². The summed E-state index contributed by atoms with van der Waals surface area (Å²) in [4.78, 5) is 22.6. The van der Waals surface area contributed by atoms with Gasteiger partial charge in [0.15, 0.2) is 0 Å². The Morgan fingerprint density at radius 3 is 2.43 bits per heavy atom. The summed E-state index contributed by atoms with van der Waals surface area (Å²) in [5.41, 5.74) is 0.936. The molecule has 2 rings (SSSR count). The molecule has 3 atom stereocenters. The average molecular weight is 309 g/mol. The molecule has 1 aromatic carbocycles. The second-order valence-corrected chi connectivity index (χ2v) is 5.41. The van der Waals surface area contributed by atoms with Crippen molar-refractivity contribution in [2.45, 2.75) is 26.1 Å². The number of esters is 1. The van der Waals surface area contributed by atoms with Crippen LogP contribution >= 0.6 is 11.6 Å². The van der Waals surface area contributed by atoms with E-state index in [1.54, 1.807) is 12.1 Å². The lowest BCUT2D eigenvalue weighted by Gasteiger charge is -2.31. The van der Waals surface area contributed by atoms with Gasteiger partial charge in [0.25, 0.3) is 0 Å². The second kappa shape index (κ2) is 6.87. The van der Waals surface area contributed by atoms with Crippen molar-refractivity contribution in [3.05, 3.63) is 47.0 Å². The molecule has 0 radical (unpaired) electrons. The highest BCUT2D eigenvalue weighted by Crippen LogP contribution is 2.30. The number of carbonyl (C=O) groups excluding carboxylic acids is 2. The number of carbonyl (C=O) groups is 2. The van der Waals surface area contributed by atoms with Crippen LogP contribution in [-0.4, -0.2) is 24.5 Å². The number of halogens is 1. The number of Topliss-reactive ketones (excluding diaryl/α,β-unsaturated/α-hetero) is 1. The molecule has 21 heavy (non-hydrogen) atoms. The Morgan fingerprint density at radius 2 is 1.86 bits per heavy atom. The van der Waals surface area contributed by atoms with Gasteiger partial charge >= 0.3 is 5.97 Å². The largest absolute Gasteiger partial charge is 0.463 e. The first-order chi connectivity index (χ1) is 9.97. The Labute approximate surface area is 128 Å². The highest BCUT2D eigenvalue weighted by Gasteiger charge is 2.31. The van der Waals surface area contributed by atoms with Gasteiger partial charge in [0.2, 0.25) is 0 Å². The molecule has 1 aliphatic rings. The van der Waals surface area contributed by atoms with Crippen LogP contribution in [0.3, 0.4) is 0 Å². The van der Waals surface area contributed by atoms with E-state index in [2.05, 4.69) is 0 Å². The summed E-state index contributed by atoms with van der Waals surface area (Å²) in [6, 6.07) is 7.31. The fourth-order valence-electron chi connectivity index (χ4n) is 2.24. The zero-order valence-corrected chi connectivity index (χ0v) is 12.7. The Balaban J connectivity index is 2.15. The monoisotopic (exact) mass is 308 g/mol. The molecule has 1 aliphatic heterocycles. The SMILES string of the molecule is CC(=O)OC[C@H]1O[C@H](c2ccc(Cl)cc2)C=C[C@@H]1C(C)=O. The van der Waals surface area contributed by atoms with E-state index in [1.165, 1.54) is 13.8 Å². The van der Waals surface area contributed by atoms with Crippen LogP contribution in [-0.2, 0) is 19.1 Å². The third kappa shape index (κ3) is 4.16. The Morgan fingerprint density at radius 1 is 1.19 bits per heavy atom. The van der Waals surface area contributed by atoms with E-state index in [-0.39, 0.29) is 18.5 Å². The van der Waals surface area contributed by atoms with Crippen LogP contribution in [0.5, 0.6) is 0 Å². The second-order valence-electron chi connectivity index (χ2n) is 4.97. The van der Waals surface area contributed by atoms with Gasteiger partial charge in [-0.1, -0.05) is 35.9 Å². The number of rotatable bonds is 4. The molecule has 1 aromatic rings. The first-order valence-electron chi connectivity index (χ1n) is 6.70. The maximum absolute atomic E-state index is 11.7. The summed E-state index contributed by atoms with van der Waals surface area (Å²) in [6.07, 6.45) is 2.91. The first-order valence-corrected chi connectivity index (χ1v) is 7.08. The Kier molecular flexibility index (Phi) is 5.15. The molecule has 0 aromatic heterocycles. The zero-order valence-electron chi connectivity index (χ0n) is 11.9. The molecular weight excluding hydrogens is 292 g/mol. The van der Waals surface area contributed by atoms with Crippen molar-refractivity contribution in [1.82, 2.24) is 0 Å². The normalized spacial score (nSPS) is 24.6. The van der Waals surface area contributed by atoms with Gasteiger partial charge < -0.3 is 9.47 Å². The van der Waals surface area contributed by atoms with Crippen LogP contribution in [0.2, 0.25) is 5.02 Å². The molecule has 0 fully saturated rings. The standard InChI is InChI=1S/C16H17ClO4/c1-10(18)14-7-8-15(12-3-5-13(17)6-4-12)21-16(14)9-20-11(2)19/h3-8,14-16H,9H2,1-2H3/t14-,15+,16-/m1/s1. The number of hydrogen-bond donors (Lipinski definition) is 0. The summed E-state index contributed by atoms with van der Waals surface area (Å²) in [5, 5.41) is 0.650. The molecule has 0 N–H and O–H groups in total. The molecule has 4 nitrogen and oxygen atoms in total. The lowest BCUT2D eigenvalue weighted by molar-refractivity contribution is -0.151. The number of hydrogen-bond acceptors (Lipinski definition) is 4. The van der Waals surface area contributed by atoms with Gasteiger partial charge in [-0.25, -0.2) is 0 Å². The molecule has 0 saturated carbocycles. The van der Waals surface area contributed by atoms with Gasteiger partial charge in [0.05, 0.1) is 5.92 Å². The molecule has 0 spiro atoms. The summed E-state index contributed by atoms with van der Waals surface area (Å²) in [5.74, 6) is -0.802. The van der Waals surface area contributed by atoms with Crippen LogP contribution in [0.15, 0.2) is 36.4 Å². The first kappa shape index (κ1) is 15.7. The van der Waals surface area contributed by atoms with Gasteiger partial charge in [-0.2, -0.15) is 0 Å². The van der Waals surface area contributed by atoms with Gasteiger partial charge in [-0.15, -0.1) is 0 Å². The molecule has 0 saturated heterocycles. The van der Waals surface area contributed by atoms with Crippen LogP contribution in [0, 0.1) is 5.92 Å². The van der Waals surface area contributed by atoms with Crippen molar-refractivity contribution >= 4 is 23.4 Å².